The van der Waals surface area contributed by atoms with E-state index in [-0.39, 0.29) is 5.91 Å². The van der Waals surface area contributed by atoms with Gasteiger partial charge in [-0.25, -0.2) is 9.97 Å². The molecule has 0 aliphatic carbocycles. The number of nitrogens with one attached hydrogen (secondary N) is 1. The largest absolute Gasteiger partial charge is 0.352 e. The molecule has 0 unspecified atom stereocenters. The van der Waals surface area contributed by atoms with Gasteiger partial charge in [0.2, 0.25) is 0 Å². The SMILES string of the molecule is CCCc1nc(C)c(C(=O)NCCCc2ccccc2)c(-c2ccc(C)cc2C)n1. The fourth-order valence-corrected chi connectivity index (χ4v) is 3.74. The highest BCUT2D eigenvalue weighted by Crippen LogP contribution is 2.28. The summed E-state index contributed by atoms with van der Waals surface area (Å²) in [5.74, 6) is 0.698. The Bertz CT molecular complexity index is 1010. The molecule has 4 nitrogen and oxygen atoms in total. The minimum absolute atomic E-state index is 0.0985. The standard InChI is InChI=1S/C26H31N3O/c1-5-10-23-28-20(4)24(25(29-23)22-15-14-18(2)17-19(22)3)26(30)27-16-9-13-21-11-7-6-8-12-21/h6-8,11-12,14-15,17H,5,9-10,13,16H2,1-4H3,(H,27,30). The maximum absolute atomic E-state index is 13.1. The van der Waals surface area contributed by atoms with Crippen LogP contribution in [0.3, 0.4) is 0 Å². The topological polar surface area (TPSA) is 54.9 Å². The second-order valence-corrected chi connectivity index (χ2v) is 7.86. The molecule has 4 heteroatoms. The summed E-state index contributed by atoms with van der Waals surface area (Å²) in [6, 6.07) is 16.6. The van der Waals surface area contributed by atoms with Gasteiger partial charge in [0.25, 0.3) is 5.91 Å². The number of hydrogen-bond donors (Lipinski definition) is 1. The molecule has 1 N–H and O–H groups in total. The van der Waals surface area contributed by atoms with Crippen molar-refractivity contribution in [2.75, 3.05) is 6.54 Å². The van der Waals surface area contributed by atoms with Crippen LogP contribution in [0.25, 0.3) is 11.3 Å². The highest BCUT2D eigenvalue weighted by atomic mass is 16.1. The number of carbonyl (C=O) groups excluding carboxylic acids is 1. The van der Waals surface area contributed by atoms with Crippen LogP contribution in [0, 0.1) is 20.8 Å². The highest BCUT2D eigenvalue weighted by molar-refractivity contribution is 6.01. The van der Waals surface area contributed by atoms with Gasteiger partial charge in [-0.1, -0.05) is 61.0 Å². The van der Waals surface area contributed by atoms with Crippen LogP contribution in [0.15, 0.2) is 48.5 Å². The first kappa shape index (κ1) is 21.7. The van der Waals surface area contributed by atoms with Crippen LogP contribution < -0.4 is 5.32 Å². The predicted octanol–water partition coefficient (Wildman–Crippen LogP) is 5.38. The molecule has 0 saturated heterocycles. The van der Waals surface area contributed by atoms with Gasteiger partial charge < -0.3 is 5.32 Å². The molecule has 0 aliphatic heterocycles. The smallest absolute Gasteiger partial charge is 0.255 e. The summed E-state index contributed by atoms with van der Waals surface area (Å²) in [4.78, 5) is 22.6. The first-order valence-corrected chi connectivity index (χ1v) is 10.8. The average molecular weight is 402 g/mol. The zero-order valence-electron chi connectivity index (χ0n) is 18.5. The van der Waals surface area contributed by atoms with Crippen LogP contribution in [-0.2, 0) is 12.8 Å². The number of nitrogens with zero attached hydrogens (tertiary/aromatic N) is 2. The minimum atomic E-state index is -0.0985. The van der Waals surface area contributed by atoms with Gasteiger partial charge in [-0.2, -0.15) is 0 Å². The van der Waals surface area contributed by atoms with Crippen molar-refractivity contribution in [1.29, 1.82) is 0 Å². The van der Waals surface area contributed by atoms with E-state index in [1.807, 2.05) is 25.1 Å². The zero-order valence-corrected chi connectivity index (χ0v) is 18.5. The van der Waals surface area contributed by atoms with Gasteiger partial charge in [0.1, 0.15) is 5.82 Å². The summed E-state index contributed by atoms with van der Waals surface area (Å²) in [6.07, 6.45) is 3.60. The molecular weight excluding hydrogens is 370 g/mol. The van der Waals surface area contributed by atoms with E-state index in [0.717, 1.165) is 54.0 Å². The second kappa shape index (κ2) is 10.1. The van der Waals surface area contributed by atoms with Crippen molar-refractivity contribution in [3.05, 3.63) is 82.3 Å². The molecule has 1 amide bonds. The second-order valence-electron chi connectivity index (χ2n) is 7.86. The molecule has 0 radical (unpaired) electrons. The summed E-state index contributed by atoms with van der Waals surface area (Å²) in [7, 11) is 0. The highest BCUT2D eigenvalue weighted by Gasteiger charge is 2.20. The van der Waals surface area contributed by atoms with Crippen molar-refractivity contribution in [1.82, 2.24) is 15.3 Å². The van der Waals surface area contributed by atoms with Gasteiger partial charge in [-0.15, -0.1) is 0 Å². The van der Waals surface area contributed by atoms with Crippen molar-refractivity contribution >= 4 is 5.91 Å². The van der Waals surface area contributed by atoms with Crippen LogP contribution >= 0.6 is 0 Å². The Balaban J connectivity index is 1.84. The zero-order chi connectivity index (χ0) is 21.5. The third-order valence-electron chi connectivity index (χ3n) is 5.24. The number of benzene rings is 2. The number of rotatable bonds is 8. The summed E-state index contributed by atoms with van der Waals surface area (Å²) < 4.78 is 0. The maximum Gasteiger partial charge on any atom is 0.255 e. The van der Waals surface area contributed by atoms with Gasteiger partial charge in [0.05, 0.1) is 17.0 Å². The molecular formula is C26H31N3O. The summed E-state index contributed by atoms with van der Waals surface area (Å²) in [5, 5.41) is 3.08. The third-order valence-corrected chi connectivity index (χ3v) is 5.24. The average Bonchev–Trinajstić information content (AvgIpc) is 2.72. The number of aryl methyl sites for hydroxylation is 5. The van der Waals surface area contributed by atoms with E-state index in [2.05, 4.69) is 61.4 Å². The molecule has 3 rings (SSSR count). The summed E-state index contributed by atoms with van der Waals surface area (Å²) in [5.41, 5.74) is 6.66. The first-order chi connectivity index (χ1) is 14.5. The molecule has 156 valence electrons. The van der Waals surface area contributed by atoms with E-state index in [9.17, 15) is 4.79 Å². The van der Waals surface area contributed by atoms with Gasteiger partial charge in [-0.05, 0) is 51.2 Å². The molecule has 1 aromatic heterocycles. The van der Waals surface area contributed by atoms with E-state index >= 15 is 0 Å². The molecule has 0 fully saturated rings. The maximum atomic E-state index is 13.1. The van der Waals surface area contributed by atoms with Gasteiger partial charge >= 0.3 is 0 Å². The number of hydrogen-bond acceptors (Lipinski definition) is 3. The lowest BCUT2D eigenvalue weighted by Crippen LogP contribution is -2.27. The number of carbonyl (C=O) groups is 1. The van der Waals surface area contributed by atoms with Gasteiger partial charge in [-0.3, -0.25) is 4.79 Å². The van der Waals surface area contributed by atoms with E-state index < -0.39 is 0 Å². The van der Waals surface area contributed by atoms with E-state index in [4.69, 9.17) is 4.98 Å². The quantitative estimate of drug-likeness (QED) is 0.515. The van der Waals surface area contributed by atoms with Crippen molar-refractivity contribution in [2.45, 2.75) is 53.4 Å². The molecule has 0 aliphatic rings. The third kappa shape index (κ3) is 5.32. The van der Waals surface area contributed by atoms with Crippen LogP contribution in [0.4, 0.5) is 0 Å². The summed E-state index contributed by atoms with van der Waals surface area (Å²) in [6.45, 7) is 8.79. The van der Waals surface area contributed by atoms with Crippen molar-refractivity contribution < 1.29 is 4.79 Å². The van der Waals surface area contributed by atoms with Crippen LogP contribution in [0.5, 0.6) is 0 Å². The molecule has 30 heavy (non-hydrogen) atoms. The first-order valence-electron chi connectivity index (χ1n) is 10.8. The number of amides is 1. The molecule has 0 saturated carbocycles. The van der Waals surface area contributed by atoms with E-state index in [1.54, 1.807) is 0 Å². The molecule has 0 spiro atoms. The Kier molecular flexibility index (Phi) is 7.34. The van der Waals surface area contributed by atoms with Gasteiger partial charge in [0.15, 0.2) is 0 Å². The van der Waals surface area contributed by atoms with E-state index in [0.29, 0.717) is 12.1 Å². The fraction of sp³-hybridized carbons (Fsp3) is 0.346. The normalized spacial score (nSPS) is 10.8. The van der Waals surface area contributed by atoms with Crippen LogP contribution in [0.1, 0.15) is 58.3 Å². The van der Waals surface area contributed by atoms with Gasteiger partial charge in [0, 0.05) is 18.5 Å². The Morgan fingerprint density at radius 3 is 2.43 bits per heavy atom. The summed E-state index contributed by atoms with van der Waals surface area (Å²) >= 11 is 0. The van der Waals surface area contributed by atoms with Crippen LogP contribution in [0.2, 0.25) is 0 Å². The molecule has 2 aromatic carbocycles. The minimum Gasteiger partial charge on any atom is -0.352 e. The fourth-order valence-electron chi connectivity index (χ4n) is 3.74. The van der Waals surface area contributed by atoms with Crippen molar-refractivity contribution in [2.24, 2.45) is 0 Å². The Morgan fingerprint density at radius 2 is 1.73 bits per heavy atom. The lowest BCUT2D eigenvalue weighted by molar-refractivity contribution is 0.0952. The number of aromatic nitrogens is 2. The lowest BCUT2D eigenvalue weighted by Gasteiger charge is -2.15. The Morgan fingerprint density at radius 1 is 0.967 bits per heavy atom. The molecule has 3 aromatic rings. The Labute approximate surface area is 179 Å². The predicted molar refractivity (Wildman–Crippen MR) is 123 cm³/mol. The van der Waals surface area contributed by atoms with E-state index in [1.165, 1.54) is 11.1 Å². The Hall–Kier alpha value is -3.01. The molecule has 0 atom stereocenters. The van der Waals surface area contributed by atoms with Crippen molar-refractivity contribution in [3.8, 4) is 11.3 Å². The monoisotopic (exact) mass is 401 g/mol. The van der Waals surface area contributed by atoms with Crippen molar-refractivity contribution in [3.63, 3.8) is 0 Å². The molecule has 0 bridgehead atoms. The molecule has 1 heterocycles. The lowest BCUT2D eigenvalue weighted by atomic mass is 9.98. The van der Waals surface area contributed by atoms with Crippen LogP contribution in [-0.4, -0.2) is 22.4 Å².